The molecular weight excluding hydrogens is 326 g/mol. The molecule has 0 amide bonds. The Kier molecular flexibility index (Phi) is 7.06. The van der Waals surface area contributed by atoms with Crippen LogP contribution in [-0.4, -0.2) is 25.0 Å². The number of nitrogens with zero attached hydrogens (tertiary/aromatic N) is 1. The van der Waals surface area contributed by atoms with Gasteiger partial charge < -0.3 is 4.90 Å². The van der Waals surface area contributed by atoms with Crippen LogP contribution < -0.4 is 0 Å². The van der Waals surface area contributed by atoms with E-state index in [1.165, 1.54) is 44.9 Å². The van der Waals surface area contributed by atoms with Crippen LogP contribution in [0, 0.1) is 35.5 Å². The van der Waals surface area contributed by atoms with E-state index >= 15 is 0 Å². The molecule has 0 aliphatic heterocycles. The predicted molar refractivity (Wildman–Crippen MR) is 119 cm³/mol. The van der Waals surface area contributed by atoms with E-state index in [-0.39, 0.29) is 0 Å². The Labute approximate surface area is 169 Å². The van der Waals surface area contributed by atoms with E-state index < -0.39 is 0 Å². The van der Waals surface area contributed by atoms with Crippen molar-refractivity contribution in [3.8, 4) is 0 Å². The number of rotatable bonds is 4. The summed E-state index contributed by atoms with van der Waals surface area (Å²) in [5.74, 6) is 4.91. The van der Waals surface area contributed by atoms with Gasteiger partial charge in [-0.25, -0.2) is 0 Å². The molecule has 2 saturated carbocycles. The van der Waals surface area contributed by atoms with Gasteiger partial charge in [-0.15, -0.1) is 0 Å². The summed E-state index contributed by atoms with van der Waals surface area (Å²) >= 11 is 0. The highest BCUT2D eigenvalue weighted by atomic mass is 15.1. The molecule has 1 nitrogen and oxygen atoms in total. The fourth-order valence-corrected chi connectivity index (χ4v) is 6.04. The van der Waals surface area contributed by atoms with Crippen molar-refractivity contribution in [1.29, 1.82) is 0 Å². The van der Waals surface area contributed by atoms with Crippen LogP contribution in [0.25, 0.3) is 0 Å². The first kappa shape index (κ1) is 20.9. The molecule has 0 aromatic carbocycles. The minimum Gasteiger partial charge on any atom is -0.306 e. The Morgan fingerprint density at radius 2 is 1.74 bits per heavy atom. The zero-order valence-corrected chi connectivity index (χ0v) is 18.7. The molecule has 0 heterocycles. The fourth-order valence-electron chi connectivity index (χ4n) is 6.04. The average molecular weight is 370 g/mol. The van der Waals surface area contributed by atoms with Gasteiger partial charge in [0.15, 0.2) is 0 Å². The quantitative estimate of drug-likeness (QED) is 0.522. The lowest BCUT2D eigenvalue weighted by Gasteiger charge is -2.31. The van der Waals surface area contributed by atoms with Crippen LogP contribution in [0.4, 0.5) is 0 Å². The van der Waals surface area contributed by atoms with E-state index in [1.807, 2.05) is 0 Å². The molecular formula is C26H43N. The largest absolute Gasteiger partial charge is 0.306 e. The van der Waals surface area contributed by atoms with E-state index in [2.05, 4.69) is 71.0 Å². The van der Waals surface area contributed by atoms with Gasteiger partial charge in [-0.1, -0.05) is 50.6 Å². The van der Waals surface area contributed by atoms with Crippen LogP contribution in [0.3, 0.4) is 0 Å². The molecule has 1 heteroatoms. The molecule has 3 aliphatic carbocycles. The summed E-state index contributed by atoms with van der Waals surface area (Å²) in [5, 5.41) is 0. The summed E-state index contributed by atoms with van der Waals surface area (Å²) in [6, 6.07) is 0.801. The first-order valence-electron chi connectivity index (χ1n) is 11.6. The molecule has 3 rings (SSSR count). The zero-order valence-electron chi connectivity index (χ0n) is 18.7. The van der Waals surface area contributed by atoms with E-state index in [0.717, 1.165) is 41.5 Å². The van der Waals surface area contributed by atoms with E-state index in [1.54, 1.807) is 11.1 Å². The van der Waals surface area contributed by atoms with E-state index in [0.29, 0.717) is 0 Å². The van der Waals surface area contributed by atoms with E-state index in [9.17, 15) is 0 Å². The summed E-state index contributed by atoms with van der Waals surface area (Å²) in [5.41, 5.74) is 3.26. The monoisotopic (exact) mass is 369 g/mol. The van der Waals surface area contributed by atoms with Gasteiger partial charge in [-0.05, 0) is 107 Å². The Hall–Kier alpha value is -0.820. The van der Waals surface area contributed by atoms with Gasteiger partial charge in [0, 0.05) is 6.04 Å². The molecule has 0 N–H and O–H groups in total. The van der Waals surface area contributed by atoms with Gasteiger partial charge in [-0.3, -0.25) is 0 Å². The summed E-state index contributed by atoms with van der Waals surface area (Å²) in [6.45, 7) is 9.75. The van der Waals surface area contributed by atoms with Gasteiger partial charge >= 0.3 is 0 Å². The molecule has 4 atom stereocenters. The molecule has 0 saturated heterocycles. The molecule has 27 heavy (non-hydrogen) atoms. The second kappa shape index (κ2) is 9.12. The van der Waals surface area contributed by atoms with Crippen LogP contribution in [0.1, 0.15) is 72.6 Å². The van der Waals surface area contributed by atoms with Crippen molar-refractivity contribution in [2.75, 3.05) is 14.1 Å². The minimum atomic E-state index is 0.767. The van der Waals surface area contributed by atoms with Gasteiger partial charge in [0.1, 0.15) is 0 Å². The highest BCUT2D eigenvalue weighted by Crippen LogP contribution is 2.49. The third-order valence-electron chi connectivity index (χ3n) is 8.05. The van der Waals surface area contributed by atoms with Gasteiger partial charge in [0.25, 0.3) is 0 Å². The SMILES string of the molecule is CC1=CC(=CC=CC2CCC(N(C)C)CC2)C2C(C)CCC(C(C)C)CC12. The van der Waals surface area contributed by atoms with Gasteiger partial charge in [-0.2, -0.15) is 0 Å². The molecule has 0 aromatic rings. The van der Waals surface area contributed by atoms with Crippen molar-refractivity contribution in [2.45, 2.75) is 78.7 Å². The topological polar surface area (TPSA) is 3.24 Å². The Morgan fingerprint density at radius 1 is 1.04 bits per heavy atom. The van der Waals surface area contributed by atoms with Gasteiger partial charge in [0.2, 0.25) is 0 Å². The van der Waals surface area contributed by atoms with Crippen LogP contribution in [0.15, 0.2) is 35.5 Å². The molecule has 4 unspecified atom stereocenters. The zero-order chi connectivity index (χ0) is 19.6. The fraction of sp³-hybridized carbons (Fsp3) is 0.769. The second-order valence-corrected chi connectivity index (χ2v) is 10.4. The number of fused-ring (bicyclic) bond motifs is 1. The maximum atomic E-state index is 2.53. The Bertz CT molecular complexity index is 571. The van der Waals surface area contributed by atoms with Crippen LogP contribution in [0.5, 0.6) is 0 Å². The average Bonchev–Trinajstić information content (AvgIpc) is 2.82. The van der Waals surface area contributed by atoms with Crippen molar-refractivity contribution in [1.82, 2.24) is 4.90 Å². The number of hydrogen-bond donors (Lipinski definition) is 0. The van der Waals surface area contributed by atoms with Crippen molar-refractivity contribution >= 4 is 0 Å². The third kappa shape index (κ3) is 4.97. The van der Waals surface area contributed by atoms with Crippen LogP contribution >= 0.6 is 0 Å². The normalized spacial score (nSPS) is 39.3. The molecule has 0 radical (unpaired) electrons. The van der Waals surface area contributed by atoms with Gasteiger partial charge in [0.05, 0.1) is 0 Å². The maximum Gasteiger partial charge on any atom is 0.00895 e. The van der Waals surface area contributed by atoms with Crippen molar-refractivity contribution < 1.29 is 0 Å². The third-order valence-corrected chi connectivity index (χ3v) is 8.05. The maximum absolute atomic E-state index is 2.53. The van der Waals surface area contributed by atoms with E-state index in [4.69, 9.17) is 0 Å². The standard InChI is InChI=1S/C26H43N/c1-18(2)22-13-10-19(3)26-23(16-20(4)25(26)17-22)9-7-8-21-11-14-24(15-12-21)27(5)6/h7-9,16,18-19,21-22,24-26H,10-15,17H2,1-6H3. The van der Waals surface area contributed by atoms with Crippen molar-refractivity contribution in [3.05, 3.63) is 35.5 Å². The highest BCUT2D eigenvalue weighted by Gasteiger charge is 2.39. The smallest absolute Gasteiger partial charge is 0.00895 e. The summed E-state index contributed by atoms with van der Waals surface area (Å²) in [7, 11) is 4.46. The van der Waals surface area contributed by atoms with Crippen LogP contribution in [0.2, 0.25) is 0 Å². The Balaban J connectivity index is 1.65. The molecule has 0 bridgehead atoms. The summed E-state index contributed by atoms with van der Waals surface area (Å²) in [6.07, 6.45) is 19.6. The lowest BCUT2D eigenvalue weighted by Crippen LogP contribution is -2.31. The second-order valence-electron chi connectivity index (χ2n) is 10.4. The highest BCUT2D eigenvalue weighted by molar-refractivity contribution is 5.38. The summed E-state index contributed by atoms with van der Waals surface area (Å²) < 4.78 is 0. The first-order valence-corrected chi connectivity index (χ1v) is 11.6. The lowest BCUT2D eigenvalue weighted by atomic mass is 9.77. The van der Waals surface area contributed by atoms with Crippen molar-refractivity contribution in [3.63, 3.8) is 0 Å². The molecule has 152 valence electrons. The first-order chi connectivity index (χ1) is 12.9. The number of hydrogen-bond acceptors (Lipinski definition) is 1. The Morgan fingerprint density at radius 3 is 2.37 bits per heavy atom. The number of allylic oxidation sites excluding steroid dienone is 6. The molecule has 0 spiro atoms. The lowest BCUT2D eigenvalue weighted by molar-refractivity contribution is 0.209. The summed E-state index contributed by atoms with van der Waals surface area (Å²) in [4.78, 5) is 2.41. The predicted octanol–water partition coefficient (Wildman–Crippen LogP) is 6.87. The molecule has 2 fully saturated rings. The van der Waals surface area contributed by atoms with Crippen molar-refractivity contribution in [2.24, 2.45) is 35.5 Å². The molecule has 3 aliphatic rings. The minimum absolute atomic E-state index is 0.767. The molecule has 0 aromatic heterocycles. The van der Waals surface area contributed by atoms with Crippen LogP contribution in [-0.2, 0) is 0 Å².